The molecular formula is C18H22N2O2. The molecule has 1 fully saturated rings. The van der Waals surface area contributed by atoms with E-state index in [9.17, 15) is 9.90 Å². The van der Waals surface area contributed by atoms with Gasteiger partial charge in [0.25, 0.3) is 0 Å². The number of benzene rings is 1. The number of rotatable bonds is 3. The quantitative estimate of drug-likeness (QED) is 0.945. The molecule has 1 aliphatic rings. The minimum Gasteiger partial charge on any atom is -0.396 e. The number of aliphatic hydroxyl groups excluding tert-OH is 1. The van der Waals surface area contributed by atoms with E-state index in [1.165, 1.54) is 0 Å². The van der Waals surface area contributed by atoms with Crippen molar-refractivity contribution in [2.45, 2.75) is 26.7 Å². The molecule has 116 valence electrons. The van der Waals surface area contributed by atoms with Crippen LogP contribution in [0.15, 0.2) is 24.3 Å². The zero-order valence-corrected chi connectivity index (χ0v) is 13.2. The fraction of sp³-hybridized carbons (Fsp3) is 0.444. The molecule has 0 aliphatic carbocycles. The first-order valence-corrected chi connectivity index (χ1v) is 7.83. The second-order valence-electron chi connectivity index (χ2n) is 6.17. The Morgan fingerprint density at radius 3 is 2.86 bits per heavy atom. The van der Waals surface area contributed by atoms with Gasteiger partial charge in [-0.2, -0.15) is 0 Å². The number of para-hydroxylation sites is 1. The van der Waals surface area contributed by atoms with Crippen LogP contribution in [0.5, 0.6) is 0 Å². The highest BCUT2D eigenvalue weighted by atomic mass is 16.3. The van der Waals surface area contributed by atoms with Crippen molar-refractivity contribution >= 4 is 16.8 Å². The molecule has 4 heteroatoms. The van der Waals surface area contributed by atoms with Gasteiger partial charge in [0.05, 0.1) is 11.9 Å². The first-order chi connectivity index (χ1) is 10.6. The van der Waals surface area contributed by atoms with Crippen LogP contribution in [0, 0.1) is 19.8 Å². The van der Waals surface area contributed by atoms with E-state index in [4.69, 9.17) is 0 Å². The lowest BCUT2D eigenvalue weighted by Gasteiger charge is -2.18. The Morgan fingerprint density at radius 1 is 1.36 bits per heavy atom. The molecule has 22 heavy (non-hydrogen) atoms. The summed E-state index contributed by atoms with van der Waals surface area (Å²) in [5, 5.41) is 10.3. The predicted molar refractivity (Wildman–Crippen MR) is 86.7 cm³/mol. The Morgan fingerprint density at radius 2 is 2.14 bits per heavy atom. The van der Waals surface area contributed by atoms with E-state index in [2.05, 4.69) is 18.0 Å². The molecular weight excluding hydrogens is 276 g/mol. The molecule has 1 amide bonds. The van der Waals surface area contributed by atoms with Crippen LogP contribution >= 0.6 is 0 Å². The van der Waals surface area contributed by atoms with Crippen LogP contribution in [0.4, 0.5) is 0 Å². The number of aryl methyl sites for hydroxylation is 2. The summed E-state index contributed by atoms with van der Waals surface area (Å²) in [4.78, 5) is 19.0. The van der Waals surface area contributed by atoms with Crippen LogP contribution in [0.1, 0.15) is 23.2 Å². The predicted octanol–water partition coefficient (Wildman–Crippen LogP) is 2.23. The zero-order chi connectivity index (χ0) is 15.7. The number of pyridine rings is 1. The van der Waals surface area contributed by atoms with Gasteiger partial charge in [0, 0.05) is 36.7 Å². The van der Waals surface area contributed by atoms with Gasteiger partial charge in [-0.15, -0.1) is 0 Å². The Bertz CT molecular complexity index is 712. The molecule has 1 unspecified atom stereocenters. The van der Waals surface area contributed by atoms with Gasteiger partial charge in [-0.1, -0.05) is 18.2 Å². The van der Waals surface area contributed by atoms with Crippen LogP contribution in [-0.4, -0.2) is 40.6 Å². The third-order valence-corrected chi connectivity index (χ3v) is 4.71. The average Bonchev–Trinajstić information content (AvgIpc) is 3.00. The van der Waals surface area contributed by atoms with Gasteiger partial charge in [-0.25, -0.2) is 0 Å². The van der Waals surface area contributed by atoms with E-state index in [-0.39, 0.29) is 18.4 Å². The summed E-state index contributed by atoms with van der Waals surface area (Å²) < 4.78 is 0. The number of likely N-dealkylation sites (tertiary alicyclic amines) is 1. The Hall–Kier alpha value is -1.94. The number of nitrogens with zero attached hydrogens (tertiary/aromatic N) is 2. The van der Waals surface area contributed by atoms with E-state index in [1.807, 2.05) is 30.0 Å². The molecule has 3 rings (SSSR count). The SMILES string of the molecule is Cc1nc2ccccc2c(C)c1CC(=O)N1CCC(CO)C1. The van der Waals surface area contributed by atoms with Crippen molar-refractivity contribution in [3.8, 4) is 0 Å². The van der Waals surface area contributed by atoms with Crippen LogP contribution in [0.2, 0.25) is 0 Å². The van der Waals surface area contributed by atoms with Crippen LogP contribution in [0.3, 0.4) is 0 Å². The molecule has 1 aromatic heterocycles. The lowest BCUT2D eigenvalue weighted by Crippen LogP contribution is -2.31. The minimum absolute atomic E-state index is 0.138. The number of carbonyl (C=O) groups is 1. The van der Waals surface area contributed by atoms with E-state index >= 15 is 0 Å². The van der Waals surface area contributed by atoms with Crippen LogP contribution in [0.25, 0.3) is 10.9 Å². The largest absolute Gasteiger partial charge is 0.396 e. The maximum atomic E-state index is 12.5. The monoisotopic (exact) mass is 298 g/mol. The Kier molecular flexibility index (Phi) is 4.12. The van der Waals surface area contributed by atoms with E-state index in [0.717, 1.165) is 40.7 Å². The average molecular weight is 298 g/mol. The van der Waals surface area contributed by atoms with Gasteiger partial charge in [0.2, 0.25) is 5.91 Å². The first-order valence-electron chi connectivity index (χ1n) is 7.83. The molecule has 1 aliphatic heterocycles. The van der Waals surface area contributed by atoms with Gasteiger partial charge in [-0.3, -0.25) is 9.78 Å². The highest BCUT2D eigenvalue weighted by molar-refractivity contribution is 5.86. The molecule has 1 atom stereocenters. The van der Waals surface area contributed by atoms with Crippen molar-refractivity contribution in [1.82, 2.24) is 9.88 Å². The highest BCUT2D eigenvalue weighted by Crippen LogP contribution is 2.24. The topological polar surface area (TPSA) is 53.4 Å². The minimum atomic E-state index is 0.138. The van der Waals surface area contributed by atoms with E-state index < -0.39 is 0 Å². The third-order valence-electron chi connectivity index (χ3n) is 4.71. The molecule has 2 aromatic rings. The summed E-state index contributed by atoms with van der Waals surface area (Å²) in [6, 6.07) is 8.05. The van der Waals surface area contributed by atoms with Crippen molar-refractivity contribution in [1.29, 1.82) is 0 Å². The fourth-order valence-corrected chi connectivity index (χ4v) is 3.30. The summed E-state index contributed by atoms with van der Waals surface area (Å²) in [6.07, 6.45) is 1.30. The van der Waals surface area contributed by atoms with Gasteiger partial charge in [0.1, 0.15) is 0 Å². The summed E-state index contributed by atoms with van der Waals surface area (Å²) in [7, 11) is 0. The lowest BCUT2D eigenvalue weighted by molar-refractivity contribution is -0.129. The molecule has 2 heterocycles. The zero-order valence-electron chi connectivity index (χ0n) is 13.2. The number of amides is 1. The number of carbonyl (C=O) groups excluding carboxylic acids is 1. The summed E-state index contributed by atoms with van der Waals surface area (Å²) in [5.74, 6) is 0.375. The Labute approximate surface area is 130 Å². The molecule has 0 saturated carbocycles. The number of aromatic nitrogens is 1. The van der Waals surface area contributed by atoms with Crippen molar-refractivity contribution in [3.05, 3.63) is 41.1 Å². The third kappa shape index (κ3) is 2.71. The second kappa shape index (κ2) is 6.05. The maximum absolute atomic E-state index is 12.5. The smallest absolute Gasteiger partial charge is 0.227 e. The Balaban J connectivity index is 1.86. The van der Waals surface area contributed by atoms with Gasteiger partial charge >= 0.3 is 0 Å². The highest BCUT2D eigenvalue weighted by Gasteiger charge is 2.26. The molecule has 0 radical (unpaired) electrons. The number of aliphatic hydroxyl groups is 1. The van der Waals surface area contributed by atoms with E-state index in [1.54, 1.807) is 0 Å². The van der Waals surface area contributed by atoms with E-state index in [0.29, 0.717) is 13.0 Å². The fourth-order valence-electron chi connectivity index (χ4n) is 3.30. The molecule has 4 nitrogen and oxygen atoms in total. The standard InChI is InChI=1S/C18H22N2O2/c1-12-15-5-3-4-6-17(15)19-13(2)16(12)9-18(22)20-8-7-14(10-20)11-21/h3-6,14,21H,7-11H2,1-2H3. The number of hydrogen-bond acceptors (Lipinski definition) is 3. The normalized spacial score (nSPS) is 18.1. The molecule has 0 spiro atoms. The summed E-state index contributed by atoms with van der Waals surface area (Å²) in [5.41, 5.74) is 4.10. The molecule has 0 bridgehead atoms. The maximum Gasteiger partial charge on any atom is 0.227 e. The second-order valence-corrected chi connectivity index (χ2v) is 6.17. The summed E-state index contributed by atoms with van der Waals surface area (Å²) >= 11 is 0. The van der Waals surface area contributed by atoms with Crippen LogP contribution in [-0.2, 0) is 11.2 Å². The van der Waals surface area contributed by atoms with Crippen molar-refractivity contribution in [2.24, 2.45) is 5.92 Å². The first kappa shape index (κ1) is 15.0. The van der Waals surface area contributed by atoms with Crippen LogP contribution < -0.4 is 0 Å². The molecule has 1 aromatic carbocycles. The van der Waals surface area contributed by atoms with Gasteiger partial charge < -0.3 is 10.0 Å². The molecule has 1 N–H and O–H groups in total. The summed E-state index contributed by atoms with van der Waals surface area (Å²) in [6.45, 7) is 5.64. The molecule has 1 saturated heterocycles. The van der Waals surface area contributed by atoms with Crippen molar-refractivity contribution < 1.29 is 9.90 Å². The number of fused-ring (bicyclic) bond motifs is 1. The van der Waals surface area contributed by atoms with Gasteiger partial charge in [-0.05, 0) is 37.5 Å². The number of hydrogen-bond donors (Lipinski definition) is 1. The van der Waals surface area contributed by atoms with Gasteiger partial charge in [0.15, 0.2) is 0 Å². The lowest BCUT2D eigenvalue weighted by atomic mass is 9.99. The van der Waals surface area contributed by atoms with Crippen molar-refractivity contribution in [2.75, 3.05) is 19.7 Å². The van der Waals surface area contributed by atoms with Crippen molar-refractivity contribution in [3.63, 3.8) is 0 Å².